The van der Waals surface area contributed by atoms with Gasteiger partial charge in [-0.05, 0) is 30.9 Å². The van der Waals surface area contributed by atoms with Gasteiger partial charge in [0.1, 0.15) is 5.60 Å². The zero-order valence-corrected chi connectivity index (χ0v) is 12.8. The predicted molar refractivity (Wildman–Crippen MR) is 78.6 cm³/mol. The number of aryl methyl sites for hydroxylation is 2. The Hall–Kier alpha value is -1.88. The van der Waals surface area contributed by atoms with Crippen molar-refractivity contribution < 1.29 is 19.8 Å². The van der Waals surface area contributed by atoms with Gasteiger partial charge in [-0.25, -0.2) is 4.79 Å². The fourth-order valence-electron chi connectivity index (χ4n) is 2.64. The van der Waals surface area contributed by atoms with Crippen LogP contribution in [-0.4, -0.2) is 45.7 Å². The third-order valence-electron chi connectivity index (χ3n) is 4.34. The van der Waals surface area contributed by atoms with Crippen molar-refractivity contribution in [2.75, 3.05) is 13.1 Å². The van der Waals surface area contributed by atoms with Gasteiger partial charge in [-0.3, -0.25) is 4.79 Å². The Morgan fingerprint density at radius 3 is 2.05 bits per heavy atom. The van der Waals surface area contributed by atoms with Crippen LogP contribution in [-0.2, 0) is 0 Å². The fourth-order valence-corrected chi connectivity index (χ4v) is 2.64. The highest BCUT2D eigenvalue weighted by atomic mass is 16.4. The first kappa shape index (κ1) is 15.5. The molecule has 1 aromatic rings. The van der Waals surface area contributed by atoms with E-state index in [9.17, 15) is 19.8 Å². The molecule has 0 aliphatic carbocycles. The Morgan fingerprint density at radius 1 is 1.14 bits per heavy atom. The number of carboxylic acids is 1. The summed E-state index contributed by atoms with van der Waals surface area (Å²) in [7, 11) is 0. The van der Waals surface area contributed by atoms with Crippen molar-refractivity contribution in [3.63, 3.8) is 0 Å². The number of β-amino-alcohol motifs (C(OH)–C–C–N with tert-alkyl or cyclic N) is 1. The third kappa shape index (κ3) is 2.53. The van der Waals surface area contributed by atoms with Gasteiger partial charge in [-0.1, -0.05) is 26.0 Å². The number of benzene rings is 1. The number of aliphatic hydroxyl groups is 1. The number of rotatable bonds is 3. The van der Waals surface area contributed by atoms with E-state index < -0.39 is 11.6 Å². The van der Waals surface area contributed by atoms with Crippen LogP contribution in [0.5, 0.6) is 0 Å². The molecule has 0 radical (unpaired) electrons. The van der Waals surface area contributed by atoms with Crippen molar-refractivity contribution in [3.05, 3.63) is 34.4 Å². The first-order chi connectivity index (χ1) is 9.67. The van der Waals surface area contributed by atoms with Gasteiger partial charge in [-0.2, -0.15) is 0 Å². The second-order valence-electron chi connectivity index (χ2n) is 6.17. The highest BCUT2D eigenvalue weighted by Gasteiger charge is 2.46. The van der Waals surface area contributed by atoms with E-state index in [2.05, 4.69) is 0 Å². The van der Waals surface area contributed by atoms with E-state index in [0.29, 0.717) is 11.1 Å². The molecule has 0 atom stereocenters. The maximum Gasteiger partial charge on any atom is 0.336 e. The van der Waals surface area contributed by atoms with E-state index >= 15 is 0 Å². The molecule has 1 aliphatic heterocycles. The van der Waals surface area contributed by atoms with Crippen LogP contribution in [0.1, 0.15) is 45.7 Å². The number of hydrogen-bond donors (Lipinski definition) is 2. The van der Waals surface area contributed by atoms with E-state index in [1.54, 1.807) is 26.0 Å². The summed E-state index contributed by atoms with van der Waals surface area (Å²) in [5, 5.41) is 19.6. The Balaban J connectivity index is 2.34. The minimum atomic E-state index is -1.10. The molecule has 5 heteroatoms. The third-order valence-corrected chi connectivity index (χ3v) is 4.34. The summed E-state index contributed by atoms with van der Waals surface area (Å²) in [5.41, 5.74) is 0.629. The Labute approximate surface area is 124 Å². The first-order valence-corrected chi connectivity index (χ1v) is 7.02. The number of hydrogen-bond acceptors (Lipinski definition) is 3. The SMILES string of the molecule is Cc1ccc(C)c(C(=O)N2CC(O)(C(C)C)C2)c1C(=O)O. The predicted octanol–water partition coefficient (Wildman–Crippen LogP) is 1.84. The molecule has 0 bridgehead atoms. The molecule has 0 saturated carbocycles. The van der Waals surface area contributed by atoms with Crippen LogP contribution in [0.25, 0.3) is 0 Å². The summed E-state index contributed by atoms with van der Waals surface area (Å²) in [6.45, 7) is 7.71. The highest BCUT2D eigenvalue weighted by molar-refractivity contribution is 6.07. The molecule has 1 aliphatic rings. The van der Waals surface area contributed by atoms with Crippen molar-refractivity contribution in [2.45, 2.75) is 33.3 Å². The lowest BCUT2D eigenvalue weighted by Crippen LogP contribution is -2.66. The van der Waals surface area contributed by atoms with Gasteiger partial charge in [-0.15, -0.1) is 0 Å². The minimum absolute atomic E-state index is 0.0547. The van der Waals surface area contributed by atoms with Crippen LogP contribution in [0.15, 0.2) is 12.1 Å². The van der Waals surface area contributed by atoms with Gasteiger partial charge in [0.05, 0.1) is 24.2 Å². The Morgan fingerprint density at radius 2 is 1.62 bits per heavy atom. The number of likely N-dealkylation sites (tertiary alicyclic amines) is 1. The van der Waals surface area contributed by atoms with E-state index in [-0.39, 0.29) is 36.0 Å². The molecule has 2 rings (SSSR count). The molecule has 1 saturated heterocycles. The van der Waals surface area contributed by atoms with Crippen LogP contribution in [0.3, 0.4) is 0 Å². The van der Waals surface area contributed by atoms with Crippen LogP contribution in [0.2, 0.25) is 0 Å². The molecular formula is C16H21NO4. The van der Waals surface area contributed by atoms with Crippen LogP contribution < -0.4 is 0 Å². The molecule has 0 spiro atoms. The van der Waals surface area contributed by atoms with Gasteiger partial charge < -0.3 is 15.1 Å². The van der Waals surface area contributed by atoms with Gasteiger partial charge in [0.25, 0.3) is 5.91 Å². The highest BCUT2D eigenvalue weighted by Crippen LogP contribution is 2.31. The number of aromatic carboxylic acids is 1. The van der Waals surface area contributed by atoms with Crippen molar-refractivity contribution >= 4 is 11.9 Å². The summed E-state index contributed by atoms with van der Waals surface area (Å²) >= 11 is 0. The zero-order chi connectivity index (χ0) is 15.9. The lowest BCUT2D eigenvalue weighted by Gasteiger charge is -2.49. The normalized spacial score (nSPS) is 16.8. The fraction of sp³-hybridized carbons (Fsp3) is 0.500. The lowest BCUT2D eigenvalue weighted by molar-refractivity contribution is -0.110. The molecule has 1 aromatic carbocycles. The standard InChI is InChI=1S/C16H21NO4/c1-9(2)16(21)7-17(8-16)14(18)12-10(3)5-6-11(4)13(12)15(19)20/h5-6,9,21H,7-8H2,1-4H3,(H,19,20). The molecular weight excluding hydrogens is 270 g/mol. The summed E-state index contributed by atoms with van der Waals surface area (Å²) in [5.74, 6) is -1.36. The van der Waals surface area contributed by atoms with Crippen LogP contribution >= 0.6 is 0 Å². The number of amides is 1. The van der Waals surface area contributed by atoms with E-state index in [4.69, 9.17) is 0 Å². The summed E-state index contributed by atoms with van der Waals surface area (Å²) in [4.78, 5) is 25.5. The second kappa shape index (κ2) is 5.15. The summed E-state index contributed by atoms with van der Waals surface area (Å²) < 4.78 is 0. The average molecular weight is 291 g/mol. The lowest BCUT2D eigenvalue weighted by atomic mass is 9.82. The smallest absolute Gasteiger partial charge is 0.336 e. The second-order valence-corrected chi connectivity index (χ2v) is 6.17. The van der Waals surface area contributed by atoms with Crippen LogP contribution in [0, 0.1) is 19.8 Å². The van der Waals surface area contributed by atoms with Crippen molar-refractivity contribution in [1.82, 2.24) is 4.90 Å². The zero-order valence-electron chi connectivity index (χ0n) is 12.8. The molecule has 1 fully saturated rings. The van der Waals surface area contributed by atoms with Crippen molar-refractivity contribution in [2.24, 2.45) is 5.92 Å². The molecule has 5 nitrogen and oxygen atoms in total. The minimum Gasteiger partial charge on any atom is -0.478 e. The van der Waals surface area contributed by atoms with Crippen molar-refractivity contribution in [1.29, 1.82) is 0 Å². The number of nitrogens with zero attached hydrogens (tertiary/aromatic N) is 1. The largest absolute Gasteiger partial charge is 0.478 e. The Bertz CT molecular complexity index is 601. The molecule has 21 heavy (non-hydrogen) atoms. The summed E-state index contributed by atoms with van der Waals surface area (Å²) in [6, 6.07) is 3.46. The van der Waals surface area contributed by atoms with Gasteiger partial charge >= 0.3 is 5.97 Å². The maximum atomic E-state index is 12.6. The van der Waals surface area contributed by atoms with E-state index in [1.165, 1.54) is 4.90 Å². The first-order valence-electron chi connectivity index (χ1n) is 7.02. The number of carbonyl (C=O) groups excluding carboxylic acids is 1. The van der Waals surface area contributed by atoms with E-state index in [0.717, 1.165) is 0 Å². The quantitative estimate of drug-likeness (QED) is 0.891. The number of carboxylic acid groups (broad SMARTS) is 1. The summed E-state index contributed by atoms with van der Waals surface area (Å²) in [6.07, 6.45) is 0. The molecule has 2 N–H and O–H groups in total. The monoisotopic (exact) mass is 291 g/mol. The Kier molecular flexibility index (Phi) is 3.80. The average Bonchev–Trinajstić information content (AvgIpc) is 2.35. The van der Waals surface area contributed by atoms with Crippen LogP contribution in [0.4, 0.5) is 0 Å². The molecule has 0 aromatic heterocycles. The molecule has 114 valence electrons. The number of carbonyl (C=O) groups is 2. The van der Waals surface area contributed by atoms with Gasteiger partial charge in [0, 0.05) is 0 Å². The van der Waals surface area contributed by atoms with Gasteiger partial charge in [0.2, 0.25) is 0 Å². The maximum absolute atomic E-state index is 12.6. The van der Waals surface area contributed by atoms with Gasteiger partial charge in [0.15, 0.2) is 0 Å². The molecule has 1 heterocycles. The topological polar surface area (TPSA) is 77.8 Å². The van der Waals surface area contributed by atoms with Crippen molar-refractivity contribution in [3.8, 4) is 0 Å². The molecule has 0 unspecified atom stereocenters. The molecule has 1 amide bonds. The van der Waals surface area contributed by atoms with E-state index in [1.807, 2.05) is 13.8 Å².